The Morgan fingerprint density at radius 3 is 2.93 bits per heavy atom. The van der Waals surface area contributed by atoms with Crippen molar-refractivity contribution in [3.05, 3.63) is 35.0 Å². The number of thiophene rings is 1. The molecule has 3 nitrogen and oxygen atoms in total. The third-order valence-electron chi connectivity index (χ3n) is 2.56. The second-order valence-corrected chi connectivity index (χ2v) is 4.85. The first kappa shape index (κ1) is 8.85. The molecule has 3 rings (SSSR count). The van der Waals surface area contributed by atoms with Crippen LogP contribution in [0.3, 0.4) is 0 Å². The van der Waals surface area contributed by atoms with Gasteiger partial charge in [-0.25, -0.2) is 4.68 Å². The normalized spacial score (nSPS) is 15.5. The smallest absolute Gasteiger partial charge is 0.160 e. The number of rotatable bonds is 3. The summed E-state index contributed by atoms with van der Waals surface area (Å²) >= 11 is 1.46. The summed E-state index contributed by atoms with van der Waals surface area (Å²) in [6.45, 7) is 0. The molecule has 1 aliphatic carbocycles. The molecule has 1 aliphatic rings. The van der Waals surface area contributed by atoms with E-state index in [1.165, 1.54) is 29.9 Å². The summed E-state index contributed by atoms with van der Waals surface area (Å²) in [7, 11) is 0. The number of hydrogen-bond acceptors (Lipinski definition) is 3. The number of aromatic nitrogens is 2. The number of aldehydes is 1. The summed E-state index contributed by atoms with van der Waals surface area (Å²) in [5.74, 6) is 0.678. The molecule has 0 spiro atoms. The predicted molar refractivity (Wildman–Crippen MR) is 58.8 cm³/mol. The molecule has 0 saturated heterocycles. The zero-order chi connectivity index (χ0) is 10.3. The van der Waals surface area contributed by atoms with E-state index in [9.17, 15) is 4.79 Å². The molecule has 1 fully saturated rings. The predicted octanol–water partition coefficient (Wildman–Crippen LogP) is 2.62. The Morgan fingerprint density at radius 1 is 1.40 bits per heavy atom. The standard InChI is InChI=1S/C11H10N2OS/c14-7-9-3-4-11(15-9)13-6-5-10(12-13)8-1-2-8/h3-8H,1-2H2. The summed E-state index contributed by atoms with van der Waals surface area (Å²) in [4.78, 5) is 11.3. The minimum absolute atomic E-state index is 0.678. The van der Waals surface area contributed by atoms with E-state index in [4.69, 9.17) is 0 Å². The second kappa shape index (κ2) is 3.31. The fourth-order valence-corrected chi connectivity index (χ4v) is 2.34. The van der Waals surface area contributed by atoms with Gasteiger partial charge in [0.25, 0.3) is 0 Å². The highest BCUT2D eigenvalue weighted by Gasteiger charge is 2.25. The van der Waals surface area contributed by atoms with Gasteiger partial charge in [0.2, 0.25) is 0 Å². The van der Waals surface area contributed by atoms with E-state index >= 15 is 0 Å². The highest BCUT2D eigenvalue weighted by molar-refractivity contribution is 7.16. The maximum atomic E-state index is 10.6. The Bertz CT molecular complexity index is 496. The van der Waals surface area contributed by atoms with Crippen molar-refractivity contribution < 1.29 is 4.79 Å². The van der Waals surface area contributed by atoms with E-state index in [2.05, 4.69) is 11.2 Å². The van der Waals surface area contributed by atoms with Crippen LogP contribution in [0.15, 0.2) is 24.4 Å². The molecule has 2 aromatic rings. The summed E-state index contributed by atoms with van der Waals surface area (Å²) < 4.78 is 1.85. The van der Waals surface area contributed by atoms with Crippen LogP contribution in [-0.4, -0.2) is 16.1 Å². The average molecular weight is 218 g/mol. The lowest BCUT2D eigenvalue weighted by atomic mass is 10.3. The molecule has 0 radical (unpaired) electrons. The molecule has 0 aromatic carbocycles. The van der Waals surface area contributed by atoms with Crippen molar-refractivity contribution in [3.8, 4) is 5.00 Å². The van der Waals surface area contributed by atoms with Crippen LogP contribution in [-0.2, 0) is 0 Å². The summed E-state index contributed by atoms with van der Waals surface area (Å²) in [5, 5.41) is 5.50. The largest absolute Gasteiger partial charge is 0.297 e. The van der Waals surface area contributed by atoms with Crippen molar-refractivity contribution in [1.29, 1.82) is 0 Å². The van der Waals surface area contributed by atoms with E-state index in [0.29, 0.717) is 5.92 Å². The van der Waals surface area contributed by atoms with Crippen molar-refractivity contribution >= 4 is 17.6 Å². The lowest BCUT2D eigenvalue weighted by Crippen LogP contribution is -1.91. The van der Waals surface area contributed by atoms with Crippen LogP contribution in [0.1, 0.15) is 34.1 Å². The van der Waals surface area contributed by atoms with Gasteiger partial charge in [0.15, 0.2) is 6.29 Å². The van der Waals surface area contributed by atoms with E-state index in [1.807, 2.05) is 23.0 Å². The molecule has 0 atom stereocenters. The molecule has 2 heterocycles. The van der Waals surface area contributed by atoms with Crippen LogP contribution in [0.2, 0.25) is 0 Å². The minimum Gasteiger partial charge on any atom is -0.297 e. The third kappa shape index (κ3) is 1.61. The highest BCUT2D eigenvalue weighted by Crippen LogP contribution is 2.39. The van der Waals surface area contributed by atoms with Gasteiger partial charge in [0.05, 0.1) is 10.6 Å². The van der Waals surface area contributed by atoms with Crippen molar-refractivity contribution in [1.82, 2.24) is 9.78 Å². The monoisotopic (exact) mass is 218 g/mol. The second-order valence-electron chi connectivity index (χ2n) is 3.75. The molecule has 4 heteroatoms. The first-order valence-electron chi connectivity index (χ1n) is 4.98. The van der Waals surface area contributed by atoms with E-state index < -0.39 is 0 Å². The van der Waals surface area contributed by atoms with Crippen LogP contribution in [0.4, 0.5) is 0 Å². The molecule has 2 aromatic heterocycles. The molecule has 0 N–H and O–H groups in total. The molecule has 76 valence electrons. The van der Waals surface area contributed by atoms with E-state index in [0.717, 1.165) is 16.2 Å². The number of hydrogen-bond donors (Lipinski definition) is 0. The van der Waals surface area contributed by atoms with Gasteiger partial charge in [0, 0.05) is 12.1 Å². The molecular weight excluding hydrogens is 208 g/mol. The zero-order valence-corrected chi connectivity index (χ0v) is 8.91. The zero-order valence-electron chi connectivity index (χ0n) is 8.09. The van der Waals surface area contributed by atoms with Gasteiger partial charge >= 0.3 is 0 Å². The Kier molecular flexibility index (Phi) is 1.95. The fourth-order valence-electron chi connectivity index (χ4n) is 1.59. The topological polar surface area (TPSA) is 34.9 Å². The van der Waals surface area contributed by atoms with Crippen molar-refractivity contribution in [2.45, 2.75) is 18.8 Å². The van der Waals surface area contributed by atoms with Crippen LogP contribution in [0.25, 0.3) is 5.00 Å². The van der Waals surface area contributed by atoms with Crippen LogP contribution in [0, 0.1) is 0 Å². The lowest BCUT2D eigenvalue weighted by molar-refractivity contribution is 0.112. The van der Waals surface area contributed by atoms with Gasteiger partial charge in [-0.05, 0) is 31.0 Å². The van der Waals surface area contributed by atoms with Gasteiger partial charge in [0.1, 0.15) is 5.00 Å². The van der Waals surface area contributed by atoms with Gasteiger partial charge in [-0.1, -0.05) is 0 Å². The molecule has 0 amide bonds. The lowest BCUT2D eigenvalue weighted by Gasteiger charge is -1.94. The average Bonchev–Trinajstić information content (AvgIpc) is 2.84. The van der Waals surface area contributed by atoms with Crippen molar-refractivity contribution in [2.75, 3.05) is 0 Å². The number of carbonyl (C=O) groups excluding carboxylic acids is 1. The summed E-state index contributed by atoms with van der Waals surface area (Å²) in [6, 6.07) is 5.82. The van der Waals surface area contributed by atoms with Gasteiger partial charge in [-0.15, -0.1) is 11.3 Å². The molecule has 0 bridgehead atoms. The molecule has 0 aliphatic heterocycles. The van der Waals surface area contributed by atoms with Gasteiger partial charge < -0.3 is 0 Å². The molecular formula is C11H10N2OS. The van der Waals surface area contributed by atoms with Crippen molar-refractivity contribution in [3.63, 3.8) is 0 Å². The Balaban J connectivity index is 1.93. The first-order valence-corrected chi connectivity index (χ1v) is 5.79. The number of carbonyl (C=O) groups is 1. The van der Waals surface area contributed by atoms with Gasteiger partial charge in [-0.2, -0.15) is 5.10 Å². The first-order chi connectivity index (χ1) is 7.36. The van der Waals surface area contributed by atoms with Crippen molar-refractivity contribution in [2.24, 2.45) is 0 Å². The summed E-state index contributed by atoms with van der Waals surface area (Å²) in [6.07, 6.45) is 5.37. The maximum Gasteiger partial charge on any atom is 0.160 e. The van der Waals surface area contributed by atoms with E-state index in [1.54, 1.807) is 0 Å². The van der Waals surface area contributed by atoms with Crippen LogP contribution >= 0.6 is 11.3 Å². The fraction of sp³-hybridized carbons (Fsp3) is 0.273. The van der Waals surface area contributed by atoms with Crippen LogP contribution < -0.4 is 0 Å². The minimum atomic E-state index is 0.678. The Hall–Kier alpha value is -1.42. The van der Waals surface area contributed by atoms with Crippen LogP contribution in [0.5, 0.6) is 0 Å². The van der Waals surface area contributed by atoms with E-state index in [-0.39, 0.29) is 0 Å². The summed E-state index contributed by atoms with van der Waals surface area (Å²) in [5.41, 5.74) is 1.18. The Labute approximate surface area is 91.4 Å². The molecule has 0 unspecified atom stereocenters. The SMILES string of the molecule is O=Cc1ccc(-n2ccc(C3CC3)n2)s1. The molecule has 1 saturated carbocycles. The highest BCUT2D eigenvalue weighted by atomic mass is 32.1. The maximum absolute atomic E-state index is 10.6. The molecule has 15 heavy (non-hydrogen) atoms. The number of nitrogens with zero attached hydrogens (tertiary/aromatic N) is 2. The third-order valence-corrected chi connectivity index (χ3v) is 3.56. The quantitative estimate of drug-likeness (QED) is 0.742. The van der Waals surface area contributed by atoms with Gasteiger partial charge in [-0.3, -0.25) is 4.79 Å². The Morgan fingerprint density at radius 2 is 2.27 bits per heavy atom.